The molecule has 0 spiro atoms. The van der Waals surface area contributed by atoms with Crippen LogP contribution in [-0.4, -0.2) is 11.5 Å². The van der Waals surface area contributed by atoms with Crippen LogP contribution in [0.5, 0.6) is 0 Å². The van der Waals surface area contributed by atoms with E-state index < -0.39 is 0 Å². The summed E-state index contributed by atoms with van der Waals surface area (Å²) in [7, 11) is 0. The van der Waals surface area contributed by atoms with E-state index in [1.807, 2.05) is 39.0 Å². The Balaban J connectivity index is 2.48. The molecule has 1 heterocycles. The molecule has 0 fully saturated rings. The van der Waals surface area contributed by atoms with E-state index in [4.69, 9.17) is 0 Å². The second-order valence-corrected chi connectivity index (χ2v) is 4.75. The molecule has 0 aliphatic carbocycles. The first-order chi connectivity index (χ1) is 9.11. The zero-order valence-electron chi connectivity index (χ0n) is 11.6. The van der Waals surface area contributed by atoms with Crippen molar-refractivity contribution in [2.24, 2.45) is 0 Å². The minimum atomic E-state index is -0.175. The Kier molecular flexibility index (Phi) is 4.27. The highest BCUT2D eigenvalue weighted by Gasteiger charge is 2.17. The summed E-state index contributed by atoms with van der Waals surface area (Å²) in [5, 5.41) is 3.34. The van der Waals surface area contributed by atoms with Crippen LogP contribution < -0.4 is 5.32 Å². The van der Waals surface area contributed by atoms with Gasteiger partial charge in [-0.3, -0.25) is 4.98 Å². The molecule has 1 aromatic heterocycles. The van der Waals surface area contributed by atoms with E-state index in [1.165, 1.54) is 6.07 Å². The fourth-order valence-electron chi connectivity index (χ4n) is 2.24. The lowest BCUT2D eigenvalue weighted by molar-refractivity contribution is 0.558. The second-order valence-electron chi connectivity index (χ2n) is 4.75. The Morgan fingerprint density at radius 2 is 2.00 bits per heavy atom. The maximum absolute atomic E-state index is 14.1. The highest BCUT2D eigenvalue weighted by molar-refractivity contribution is 5.35. The van der Waals surface area contributed by atoms with E-state index in [2.05, 4.69) is 10.3 Å². The lowest BCUT2D eigenvalue weighted by atomic mass is 9.97. The molecule has 0 aliphatic heterocycles. The average Bonchev–Trinajstić information content (AvgIpc) is 2.39. The molecule has 0 bridgehead atoms. The predicted molar refractivity (Wildman–Crippen MR) is 75.6 cm³/mol. The molecule has 1 aromatic carbocycles. The third-order valence-corrected chi connectivity index (χ3v) is 3.12. The summed E-state index contributed by atoms with van der Waals surface area (Å²) in [6, 6.07) is 9.02. The van der Waals surface area contributed by atoms with Gasteiger partial charge >= 0.3 is 0 Å². The number of nitrogens with one attached hydrogen (secondary N) is 1. The van der Waals surface area contributed by atoms with Gasteiger partial charge in [0, 0.05) is 17.5 Å². The van der Waals surface area contributed by atoms with E-state index in [0.29, 0.717) is 5.56 Å². The number of nitrogens with zero attached hydrogens (tertiary/aromatic N) is 1. The zero-order valence-corrected chi connectivity index (χ0v) is 11.6. The lowest BCUT2D eigenvalue weighted by Gasteiger charge is -2.20. The second kappa shape index (κ2) is 5.93. The van der Waals surface area contributed by atoms with E-state index in [1.54, 1.807) is 12.3 Å². The van der Waals surface area contributed by atoms with Crippen molar-refractivity contribution in [3.8, 4) is 0 Å². The third kappa shape index (κ3) is 3.18. The van der Waals surface area contributed by atoms with Gasteiger partial charge in [-0.05, 0) is 44.2 Å². The standard InChI is InChI=1S/C16H19FN2/c1-4-18-16(13-7-8-19-12(3)10-13)14-9-11(2)5-6-15(14)17/h5-10,16,18H,4H2,1-3H3. The minimum Gasteiger partial charge on any atom is -0.306 e. The highest BCUT2D eigenvalue weighted by Crippen LogP contribution is 2.25. The molecule has 3 heteroatoms. The van der Waals surface area contributed by atoms with Crippen molar-refractivity contribution in [3.05, 3.63) is 64.7 Å². The van der Waals surface area contributed by atoms with Crippen molar-refractivity contribution in [3.63, 3.8) is 0 Å². The summed E-state index contributed by atoms with van der Waals surface area (Å²) < 4.78 is 14.1. The maximum Gasteiger partial charge on any atom is 0.128 e. The number of rotatable bonds is 4. The van der Waals surface area contributed by atoms with Gasteiger partial charge in [-0.25, -0.2) is 4.39 Å². The molecule has 1 N–H and O–H groups in total. The van der Waals surface area contributed by atoms with Gasteiger partial charge in [0.15, 0.2) is 0 Å². The summed E-state index contributed by atoms with van der Waals surface area (Å²) in [6.45, 7) is 6.72. The van der Waals surface area contributed by atoms with Crippen LogP contribution >= 0.6 is 0 Å². The van der Waals surface area contributed by atoms with Gasteiger partial charge in [0.2, 0.25) is 0 Å². The van der Waals surface area contributed by atoms with E-state index in [0.717, 1.165) is 23.4 Å². The van der Waals surface area contributed by atoms with E-state index in [9.17, 15) is 4.39 Å². The number of hydrogen-bond donors (Lipinski definition) is 1. The fourth-order valence-corrected chi connectivity index (χ4v) is 2.24. The molecular formula is C16H19FN2. The molecule has 0 aliphatic rings. The minimum absolute atomic E-state index is 0.133. The van der Waals surface area contributed by atoms with Crippen LogP contribution in [0.1, 0.15) is 35.3 Å². The van der Waals surface area contributed by atoms with Crippen LogP contribution in [0.2, 0.25) is 0 Å². The van der Waals surface area contributed by atoms with Gasteiger partial charge in [0.1, 0.15) is 5.82 Å². The van der Waals surface area contributed by atoms with Crippen LogP contribution in [0.3, 0.4) is 0 Å². The summed E-state index contributed by atoms with van der Waals surface area (Å²) >= 11 is 0. The van der Waals surface area contributed by atoms with Gasteiger partial charge < -0.3 is 5.32 Å². The monoisotopic (exact) mass is 258 g/mol. The first-order valence-corrected chi connectivity index (χ1v) is 6.53. The molecule has 19 heavy (non-hydrogen) atoms. The molecule has 2 nitrogen and oxygen atoms in total. The van der Waals surface area contributed by atoms with Gasteiger partial charge in [-0.15, -0.1) is 0 Å². The number of benzene rings is 1. The normalized spacial score (nSPS) is 12.4. The summed E-state index contributed by atoms with van der Waals surface area (Å²) in [4.78, 5) is 4.19. The van der Waals surface area contributed by atoms with Crippen LogP contribution in [0.15, 0.2) is 36.5 Å². The number of aromatic nitrogens is 1. The van der Waals surface area contributed by atoms with Crippen LogP contribution in [-0.2, 0) is 0 Å². The molecule has 0 saturated carbocycles. The number of halogens is 1. The van der Waals surface area contributed by atoms with Crippen LogP contribution in [0.4, 0.5) is 4.39 Å². The number of aryl methyl sites for hydroxylation is 2. The SMILES string of the molecule is CCNC(c1ccnc(C)c1)c1cc(C)ccc1F. The third-order valence-electron chi connectivity index (χ3n) is 3.12. The van der Waals surface area contributed by atoms with E-state index in [-0.39, 0.29) is 11.9 Å². The highest BCUT2D eigenvalue weighted by atomic mass is 19.1. The lowest BCUT2D eigenvalue weighted by Crippen LogP contribution is -2.23. The van der Waals surface area contributed by atoms with Crippen molar-refractivity contribution in [2.45, 2.75) is 26.8 Å². The fraction of sp³-hybridized carbons (Fsp3) is 0.312. The summed E-state index contributed by atoms with van der Waals surface area (Å²) in [5.41, 5.74) is 3.73. The smallest absolute Gasteiger partial charge is 0.128 e. The zero-order chi connectivity index (χ0) is 13.8. The van der Waals surface area contributed by atoms with Crippen molar-refractivity contribution in [2.75, 3.05) is 6.54 Å². The Morgan fingerprint density at radius 1 is 1.21 bits per heavy atom. The first kappa shape index (κ1) is 13.7. The van der Waals surface area contributed by atoms with Crippen LogP contribution in [0.25, 0.3) is 0 Å². The topological polar surface area (TPSA) is 24.9 Å². The molecule has 100 valence electrons. The summed E-state index contributed by atoms with van der Waals surface area (Å²) in [5.74, 6) is -0.175. The Morgan fingerprint density at radius 3 is 2.68 bits per heavy atom. The molecule has 2 aromatic rings. The number of pyridine rings is 1. The Bertz CT molecular complexity index is 566. The van der Waals surface area contributed by atoms with Crippen molar-refractivity contribution < 1.29 is 4.39 Å². The number of hydrogen-bond acceptors (Lipinski definition) is 2. The van der Waals surface area contributed by atoms with E-state index >= 15 is 0 Å². The molecule has 2 rings (SSSR count). The summed E-state index contributed by atoms with van der Waals surface area (Å²) in [6.07, 6.45) is 1.77. The van der Waals surface area contributed by atoms with Crippen molar-refractivity contribution in [1.29, 1.82) is 0 Å². The van der Waals surface area contributed by atoms with Gasteiger partial charge in [0.05, 0.1) is 6.04 Å². The molecule has 1 atom stereocenters. The predicted octanol–water partition coefficient (Wildman–Crippen LogP) is 3.54. The molecule has 0 amide bonds. The quantitative estimate of drug-likeness (QED) is 0.907. The average molecular weight is 258 g/mol. The van der Waals surface area contributed by atoms with Gasteiger partial charge in [-0.1, -0.05) is 24.6 Å². The van der Waals surface area contributed by atoms with Crippen molar-refractivity contribution in [1.82, 2.24) is 10.3 Å². The first-order valence-electron chi connectivity index (χ1n) is 6.53. The molecule has 0 saturated heterocycles. The molecule has 0 radical (unpaired) electrons. The van der Waals surface area contributed by atoms with Gasteiger partial charge in [0.25, 0.3) is 0 Å². The van der Waals surface area contributed by atoms with Crippen LogP contribution in [0, 0.1) is 19.7 Å². The maximum atomic E-state index is 14.1. The Hall–Kier alpha value is -1.74. The largest absolute Gasteiger partial charge is 0.306 e. The Labute approximate surface area is 113 Å². The van der Waals surface area contributed by atoms with Gasteiger partial charge in [-0.2, -0.15) is 0 Å². The molecular weight excluding hydrogens is 239 g/mol. The molecule has 1 unspecified atom stereocenters. The van der Waals surface area contributed by atoms with Crippen molar-refractivity contribution >= 4 is 0 Å².